The van der Waals surface area contributed by atoms with Gasteiger partial charge in [0.2, 0.25) is 0 Å². The van der Waals surface area contributed by atoms with Crippen molar-refractivity contribution in [1.29, 1.82) is 0 Å². The number of carbonyl (C=O) groups excluding carboxylic acids is 4. The Kier molecular flexibility index (Phi) is 8.32. The summed E-state index contributed by atoms with van der Waals surface area (Å²) in [5.74, 6) is -0.941. The van der Waals surface area contributed by atoms with E-state index in [1.54, 1.807) is 41.5 Å². The Morgan fingerprint density at radius 1 is 1.00 bits per heavy atom. The fourth-order valence-corrected chi connectivity index (χ4v) is 1.59. The molecule has 2 amide bonds. The van der Waals surface area contributed by atoms with E-state index in [0.29, 0.717) is 11.2 Å². The molecule has 0 aliphatic heterocycles. The van der Waals surface area contributed by atoms with Crippen LogP contribution in [0.4, 0.5) is 9.59 Å². The molecule has 0 aromatic carbocycles. The molecule has 142 valence electrons. The van der Waals surface area contributed by atoms with E-state index in [2.05, 4.69) is 6.58 Å². The number of rotatable bonds is 6. The van der Waals surface area contributed by atoms with Crippen LogP contribution < -0.4 is 0 Å². The number of aldehydes is 1. The van der Waals surface area contributed by atoms with Crippen molar-refractivity contribution in [3.8, 4) is 0 Å². The van der Waals surface area contributed by atoms with Gasteiger partial charge in [0.15, 0.2) is 6.04 Å². The molecule has 0 radical (unpaired) electrons. The van der Waals surface area contributed by atoms with E-state index in [9.17, 15) is 19.2 Å². The molecular weight excluding hydrogens is 330 g/mol. The molecule has 0 saturated heterocycles. The Bertz CT molecular complexity index is 486. The van der Waals surface area contributed by atoms with E-state index in [4.69, 9.17) is 14.2 Å². The fourth-order valence-electron chi connectivity index (χ4n) is 1.59. The molecule has 0 rings (SSSR count). The van der Waals surface area contributed by atoms with Crippen LogP contribution >= 0.6 is 0 Å². The van der Waals surface area contributed by atoms with Crippen LogP contribution in [0.2, 0.25) is 0 Å². The highest BCUT2D eigenvalue weighted by molar-refractivity contribution is 5.95. The van der Waals surface area contributed by atoms with Crippen molar-refractivity contribution in [2.24, 2.45) is 0 Å². The van der Waals surface area contributed by atoms with E-state index < -0.39 is 41.8 Å². The normalized spacial score (nSPS) is 12.6. The molecule has 25 heavy (non-hydrogen) atoms. The summed E-state index contributed by atoms with van der Waals surface area (Å²) in [5, 5.41) is 0. The summed E-state index contributed by atoms with van der Waals surface area (Å²) in [6.45, 7) is 12.9. The summed E-state index contributed by atoms with van der Waals surface area (Å²) < 4.78 is 15.2. The minimum Gasteiger partial charge on any atom is -0.460 e. The van der Waals surface area contributed by atoms with Crippen LogP contribution in [-0.4, -0.2) is 53.2 Å². The predicted octanol–water partition coefficient (Wildman–Crippen LogP) is 2.85. The SMILES string of the molecule is C=CCOC(=O)C(CC=O)N(C(=O)OC(C)(C)C)C(=O)OC(C)(C)C. The van der Waals surface area contributed by atoms with E-state index in [1.807, 2.05) is 0 Å². The van der Waals surface area contributed by atoms with Gasteiger partial charge in [0.25, 0.3) is 0 Å². The molecule has 0 aliphatic carbocycles. The van der Waals surface area contributed by atoms with Crippen molar-refractivity contribution in [1.82, 2.24) is 4.90 Å². The van der Waals surface area contributed by atoms with E-state index in [0.717, 1.165) is 0 Å². The van der Waals surface area contributed by atoms with Crippen LogP contribution in [0.3, 0.4) is 0 Å². The molecule has 0 N–H and O–H groups in total. The number of nitrogens with zero attached hydrogens (tertiary/aromatic N) is 1. The summed E-state index contributed by atoms with van der Waals surface area (Å²) in [6, 6.07) is -1.50. The maximum absolute atomic E-state index is 12.4. The van der Waals surface area contributed by atoms with Crippen LogP contribution in [-0.2, 0) is 23.8 Å². The highest BCUT2D eigenvalue weighted by Crippen LogP contribution is 2.18. The fraction of sp³-hybridized carbons (Fsp3) is 0.647. The van der Waals surface area contributed by atoms with Gasteiger partial charge in [0, 0.05) is 6.42 Å². The molecule has 0 bridgehead atoms. The van der Waals surface area contributed by atoms with Gasteiger partial charge in [-0.25, -0.2) is 14.4 Å². The van der Waals surface area contributed by atoms with Crippen molar-refractivity contribution in [3.05, 3.63) is 12.7 Å². The van der Waals surface area contributed by atoms with Gasteiger partial charge in [-0.15, -0.1) is 0 Å². The molecule has 0 fully saturated rings. The maximum atomic E-state index is 12.4. The average molecular weight is 357 g/mol. The van der Waals surface area contributed by atoms with Crippen LogP contribution in [0.25, 0.3) is 0 Å². The van der Waals surface area contributed by atoms with Crippen molar-refractivity contribution in [2.45, 2.75) is 65.2 Å². The van der Waals surface area contributed by atoms with Crippen molar-refractivity contribution in [3.63, 3.8) is 0 Å². The second kappa shape index (κ2) is 9.19. The first kappa shape index (κ1) is 22.6. The molecule has 1 atom stereocenters. The lowest BCUT2D eigenvalue weighted by atomic mass is 10.2. The van der Waals surface area contributed by atoms with E-state index in [-0.39, 0.29) is 6.61 Å². The second-order valence-corrected chi connectivity index (χ2v) is 7.17. The van der Waals surface area contributed by atoms with Gasteiger partial charge in [0.05, 0.1) is 0 Å². The summed E-state index contributed by atoms with van der Waals surface area (Å²) in [6.07, 6.45) is -0.940. The molecule has 0 spiro atoms. The number of esters is 1. The lowest BCUT2D eigenvalue weighted by molar-refractivity contribution is -0.149. The Morgan fingerprint density at radius 2 is 1.44 bits per heavy atom. The minimum absolute atomic E-state index is 0.134. The number of ether oxygens (including phenoxy) is 3. The van der Waals surface area contributed by atoms with Crippen LogP contribution in [0.1, 0.15) is 48.0 Å². The Hall–Kier alpha value is -2.38. The molecule has 0 aliphatic rings. The lowest BCUT2D eigenvalue weighted by Gasteiger charge is -2.31. The maximum Gasteiger partial charge on any atom is 0.420 e. The molecule has 8 nitrogen and oxygen atoms in total. The zero-order valence-corrected chi connectivity index (χ0v) is 15.7. The number of hydrogen-bond acceptors (Lipinski definition) is 7. The molecule has 0 aromatic rings. The molecule has 0 aromatic heterocycles. The number of carbonyl (C=O) groups is 4. The molecule has 8 heteroatoms. The number of imide groups is 1. The number of hydrogen-bond donors (Lipinski definition) is 0. The van der Waals surface area contributed by atoms with Gasteiger partial charge in [-0.1, -0.05) is 12.7 Å². The van der Waals surface area contributed by atoms with Gasteiger partial charge in [-0.3, -0.25) is 0 Å². The number of amides is 2. The molecular formula is C17H27NO7. The summed E-state index contributed by atoms with van der Waals surface area (Å²) in [4.78, 5) is 48.5. The first-order valence-corrected chi connectivity index (χ1v) is 7.78. The van der Waals surface area contributed by atoms with Crippen molar-refractivity contribution < 1.29 is 33.4 Å². The zero-order valence-electron chi connectivity index (χ0n) is 15.7. The van der Waals surface area contributed by atoms with Crippen molar-refractivity contribution >= 4 is 24.4 Å². The summed E-state index contributed by atoms with van der Waals surface area (Å²) >= 11 is 0. The Morgan fingerprint density at radius 3 is 1.76 bits per heavy atom. The highest BCUT2D eigenvalue weighted by atomic mass is 16.6. The first-order chi connectivity index (χ1) is 11.3. The van der Waals surface area contributed by atoms with Gasteiger partial charge >= 0.3 is 18.2 Å². The second-order valence-electron chi connectivity index (χ2n) is 7.17. The summed E-state index contributed by atoms with van der Waals surface area (Å²) in [5.41, 5.74) is -1.85. The predicted molar refractivity (Wildman–Crippen MR) is 89.9 cm³/mol. The van der Waals surface area contributed by atoms with Gasteiger partial charge in [0.1, 0.15) is 24.1 Å². The standard InChI is InChI=1S/C17H27NO7/c1-8-11-23-13(20)12(9-10-19)18(14(21)24-16(2,3)4)15(22)25-17(5,6)7/h8,10,12H,1,9,11H2,2-7H3. The molecule has 1 unspecified atom stereocenters. The third kappa shape index (κ3) is 8.88. The Labute approximate surface area is 148 Å². The Balaban J connectivity index is 5.73. The van der Waals surface area contributed by atoms with Gasteiger partial charge in [-0.05, 0) is 41.5 Å². The van der Waals surface area contributed by atoms with Gasteiger partial charge < -0.3 is 19.0 Å². The zero-order chi connectivity index (χ0) is 19.8. The van der Waals surface area contributed by atoms with Crippen LogP contribution in [0.5, 0.6) is 0 Å². The molecule has 0 heterocycles. The third-order valence-corrected chi connectivity index (χ3v) is 2.43. The van der Waals surface area contributed by atoms with E-state index in [1.165, 1.54) is 6.08 Å². The monoisotopic (exact) mass is 357 g/mol. The van der Waals surface area contributed by atoms with Crippen LogP contribution in [0, 0.1) is 0 Å². The summed E-state index contributed by atoms with van der Waals surface area (Å²) in [7, 11) is 0. The quantitative estimate of drug-likeness (QED) is 0.312. The topological polar surface area (TPSA) is 99.2 Å². The highest BCUT2D eigenvalue weighted by Gasteiger charge is 2.40. The average Bonchev–Trinajstić information content (AvgIpc) is 2.40. The van der Waals surface area contributed by atoms with Crippen LogP contribution in [0.15, 0.2) is 12.7 Å². The first-order valence-electron chi connectivity index (χ1n) is 7.78. The van der Waals surface area contributed by atoms with Gasteiger partial charge in [-0.2, -0.15) is 4.90 Å². The van der Waals surface area contributed by atoms with E-state index >= 15 is 0 Å². The molecule has 0 saturated carbocycles. The lowest BCUT2D eigenvalue weighted by Crippen LogP contribution is -2.52. The smallest absolute Gasteiger partial charge is 0.420 e. The van der Waals surface area contributed by atoms with Crippen molar-refractivity contribution in [2.75, 3.05) is 6.61 Å². The third-order valence-electron chi connectivity index (χ3n) is 2.43. The largest absolute Gasteiger partial charge is 0.460 e. The minimum atomic E-state index is -1.50.